The number of pyridine rings is 1. The molecule has 0 fully saturated rings. The van der Waals surface area contributed by atoms with Crippen LogP contribution in [0.4, 0.5) is 0 Å². The van der Waals surface area contributed by atoms with Crippen molar-refractivity contribution in [1.82, 2.24) is 4.98 Å². The predicted molar refractivity (Wildman–Crippen MR) is 61.5 cm³/mol. The average molecular weight is 225 g/mol. The van der Waals surface area contributed by atoms with Gasteiger partial charge in [0.1, 0.15) is 11.4 Å². The molecule has 0 bridgehead atoms. The number of nitrogens with zero attached hydrogens (tertiary/aromatic N) is 1. The van der Waals surface area contributed by atoms with Gasteiger partial charge in [-0.1, -0.05) is 0 Å². The molecule has 1 aromatic heterocycles. The van der Waals surface area contributed by atoms with E-state index in [-0.39, 0.29) is 0 Å². The highest BCUT2D eigenvalue weighted by molar-refractivity contribution is 5.28. The largest absolute Gasteiger partial charge is 0.495 e. The maximum Gasteiger partial charge on any atom is 0.143 e. The van der Waals surface area contributed by atoms with E-state index in [0.717, 1.165) is 6.42 Å². The van der Waals surface area contributed by atoms with Crippen molar-refractivity contribution in [3.63, 3.8) is 0 Å². The Morgan fingerprint density at radius 3 is 3.00 bits per heavy atom. The highest BCUT2D eigenvalue weighted by atomic mass is 16.5. The summed E-state index contributed by atoms with van der Waals surface area (Å²) in [7, 11) is 1.58. The molecule has 4 heteroatoms. The molecule has 0 aliphatic heterocycles. The Kier molecular flexibility index (Phi) is 5.82. The van der Waals surface area contributed by atoms with Crippen molar-refractivity contribution in [2.45, 2.75) is 25.9 Å². The lowest BCUT2D eigenvalue weighted by molar-refractivity contribution is 0.111. The SMILES string of the molecule is CCOCCCC(O)c1ncccc1OC. The lowest BCUT2D eigenvalue weighted by Crippen LogP contribution is -2.05. The van der Waals surface area contributed by atoms with Gasteiger partial charge in [-0.05, 0) is 31.9 Å². The first kappa shape index (κ1) is 12.9. The van der Waals surface area contributed by atoms with Crippen molar-refractivity contribution in [2.24, 2.45) is 0 Å². The van der Waals surface area contributed by atoms with Gasteiger partial charge in [-0.2, -0.15) is 0 Å². The zero-order valence-corrected chi connectivity index (χ0v) is 9.85. The van der Waals surface area contributed by atoms with E-state index in [4.69, 9.17) is 9.47 Å². The first-order chi connectivity index (χ1) is 7.79. The molecule has 1 N–H and O–H groups in total. The van der Waals surface area contributed by atoms with E-state index >= 15 is 0 Å². The standard InChI is InChI=1S/C12H19NO3/c1-3-16-9-5-6-10(14)12-11(15-2)7-4-8-13-12/h4,7-8,10,14H,3,5-6,9H2,1-2H3. The predicted octanol–water partition coefficient (Wildman–Crippen LogP) is 1.94. The third-order valence-corrected chi connectivity index (χ3v) is 2.31. The van der Waals surface area contributed by atoms with Crippen molar-refractivity contribution in [3.05, 3.63) is 24.0 Å². The molecule has 0 spiro atoms. The number of hydrogen-bond donors (Lipinski definition) is 1. The summed E-state index contributed by atoms with van der Waals surface area (Å²) >= 11 is 0. The van der Waals surface area contributed by atoms with Crippen LogP contribution in [0.5, 0.6) is 5.75 Å². The molecule has 0 aromatic carbocycles. The van der Waals surface area contributed by atoms with E-state index in [1.165, 1.54) is 0 Å². The first-order valence-electron chi connectivity index (χ1n) is 5.54. The molecule has 0 saturated heterocycles. The third kappa shape index (κ3) is 3.79. The number of ether oxygens (including phenoxy) is 2. The molecule has 1 heterocycles. The molecule has 1 unspecified atom stereocenters. The molecule has 0 amide bonds. The Labute approximate surface area is 96.2 Å². The number of rotatable bonds is 7. The van der Waals surface area contributed by atoms with Gasteiger partial charge in [-0.25, -0.2) is 0 Å². The van der Waals surface area contributed by atoms with E-state index in [2.05, 4.69) is 4.98 Å². The Morgan fingerprint density at radius 2 is 2.31 bits per heavy atom. The second-order valence-corrected chi connectivity index (χ2v) is 3.45. The Hall–Kier alpha value is -1.13. The summed E-state index contributed by atoms with van der Waals surface area (Å²) in [5.41, 5.74) is 0.599. The van der Waals surface area contributed by atoms with E-state index < -0.39 is 6.10 Å². The first-order valence-corrected chi connectivity index (χ1v) is 5.54. The summed E-state index contributed by atoms with van der Waals surface area (Å²) in [5.74, 6) is 0.631. The zero-order valence-electron chi connectivity index (χ0n) is 9.85. The van der Waals surface area contributed by atoms with Crippen LogP contribution in [0, 0.1) is 0 Å². The van der Waals surface area contributed by atoms with Gasteiger partial charge in [-0.15, -0.1) is 0 Å². The lowest BCUT2D eigenvalue weighted by Gasteiger charge is -2.13. The highest BCUT2D eigenvalue weighted by Crippen LogP contribution is 2.25. The van der Waals surface area contributed by atoms with Crippen LogP contribution in [0.2, 0.25) is 0 Å². The zero-order chi connectivity index (χ0) is 11.8. The van der Waals surface area contributed by atoms with Gasteiger partial charge < -0.3 is 14.6 Å². The Morgan fingerprint density at radius 1 is 1.50 bits per heavy atom. The second-order valence-electron chi connectivity index (χ2n) is 3.45. The maximum atomic E-state index is 9.93. The molecular formula is C12H19NO3. The van der Waals surface area contributed by atoms with Crippen LogP contribution in [0.15, 0.2) is 18.3 Å². The van der Waals surface area contributed by atoms with Crippen molar-refractivity contribution in [3.8, 4) is 5.75 Å². The fourth-order valence-electron chi connectivity index (χ4n) is 1.49. The molecule has 1 rings (SSSR count). The molecule has 1 atom stereocenters. The number of methoxy groups -OCH3 is 1. The van der Waals surface area contributed by atoms with Gasteiger partial charge in [0.25, 0.3) is 0 Å². The normalized spacial score (nSPS) is 12.4. The van der Waals surface area contributed by atoms with Crippen molar-refractivity contribution in [1.29, 1.82) is 0 Å². The Balaban J connectivity index is 2.48. The topological polar surface area (TPSA) is 51.6 Å². The molecule has 16 heavy (non-hydrogen) atoms. The number of aliphatic hydroxyl groups is 1. The van der Waals surface area contributed by atoms with Crippen LogP contribution >= 0.6 is 0 Å². The van der Waals surface area contributed by atoms with E-state index in [9.17, 15) is 5.11 Å². The minimum atomic E-state index is -0.586. The van der Waals surface area contributed by atoms with E-state index in [1.54, 1.807) is 25.4 Å². The summed E-state index contributed by atoms with van der Waals surface area (Å²) in [6, 6.07) is 3.59. The van der Waals surface area contributed by atoms with Gasteiger partial charge in [0, 0.05) is 19.4 Å². The maximum absolute atomic E-state index is 9.93. The summed E-state index contributed by atoms with van der Waals surface area (Å²) in [5, 5.41) is 9.93. The minimum absolute atomic E-state index is 0.586. The summed E-state index contributed by atoms with van der Waals surface area (Å²) < 4.78 is 10.4. The van der Waals surface area contributed by atoms with Gasteiger partial charge in [0.05, 0.1) is 13.2 Å². The van der Waals surface area contributed by atoms with Crippen LogP contribution < -0.4 is 4.74 Å². The molecule has 0 aliphatic rings. The summed E-state index contributed by atoms with van der Waals surface area (Å²) in [6.07, 6.45) is 2.52. The number of aliphatic hydroxyl groups excluding tert-OH is 1. The van der Waals surface area contributed by atoms with Crippen LogP contribution in [-0.4, -0.2) is 30.4 Å². The Bertz CT molecular complexity index is 304. The van der Waals surface area contributed by atoms with Gasteiger partial charge in [0.15, 0.2) is 0 Å². The number of aromatic nitrogens is 1. The monoisotopic (exact) mass is 225 g/mol. The lowest BCUT2D eigenvalue weighted by atomic mass is 10.1. The summed E-state index contributed by atoms with van der Waals surface area (Å²) in [6.45, 7) is 3.34. The molecule has 0 radical (unpaired) electrons. The molecular weight excluding hydrogens is 206 g/mol. The van der Waals surface area contributed by atoms with Crippen LogP contribution in [0.1, 0.15) is 31.6 Å². The smallest absolute Gasteiger partial charge is 0.143 e. The second kappa shape index (κ2) is 7.19. The van der Waals surface area contributed by atoms with Crippen LogP contribution in [0.3, 0.4) is 0 Å². The molecule has 0 aliphatic carbocycles. The van der Waals surface area contributed by atoms with Gasteiger partial charge in [-0.3, -0.25) is 4.98 Å². The fourth-order valence-corrected chi connectivity index (χ4v) is 1.49. The molecule has 90 valence electrons. The van der Waals surface area contributed by atoms with Gasteiger partial charge in [0.2, 0.25) is 0 Å². The van der Waals surface area contributed by atoms with Crippen molar-refractivity contribution in [2.75, 3.05) is 20.3 Å². The minimum Gasteiger partial charge on any atom is -0.495 e. The average Bonchev–Trinajstić information content (AvgIpc) is 2.34. The van der Waals surface area contributed by atoms with Crippen LogP contribution in [0.25, 0.3) is 0 Å². The van der Waals surface area contributed by atoms with Crippen LogP contribution in [-0.2, 0) is 4.74 Å². The third-order valence-electron chi connectivity index (χ3n) is 2.31. The fraction of sp³-hybridized carbons (Fsp3) is 0.583. The van der Waals surface area contributed by atoms with Crippen molar-refractivity contribution < 1.29 is 14.6 Å². The van der Waals surface area contributed by atoms with E-state index in [1.807, 2.05) is 6.92 Å². The quantitative estimate of drug-likeness (QED) is 0.720. The van der Waals surface area contributed by atoms with Crippen molar-refractivity contribution >= 4 is 0 Å². The summed E-state index contributed by atoms with van der Waals surface area (Å²) in [4.78, 5) is 4.13. The van der Waals surface area contributed by atoms with E-state index in [0.29, 0.717) is 31.1 Å². The van der Waals surface area contributed by atoms with Gasteiger partial charge >= 0.3 is 0 Å². The number of hydrogen-bond acceptors (Lipinski definition) is 4. The highest BCUT2D eigenvalue weighted by Gasteiger charge is 2.13. The molecule has 1 aromatic rings. The molecule has 4 nitrogen and oxygen atoms in total. The molecule has 0 saturated carbocycles.